The van der Waals surface area contributed by atoms with Crippen molar-refractivity contribution in [3.05, 3.63) is 26.6 Å². The second-order valence-electron chi connectivity index (χ2n) is 2.67. The van der Waals surface area contributed by atoms with Crippen LogP contribution >= 0.6 is 49.9 Å². The minimum absolute atomic E-state index is 0.376. The van der Waals surface area contributed by atoms with Crippen LogP contribution in [-0.2, 0) is 5.33 Å². The van der Waals surface area contributed by atoms with Crippen molar-refractivity contribution in [2.24, 2.45) is 0 Å². The molecular weight excluding hydrogens is 363 g/mol. The fourth-order valence-electron chi connectivity index (χ4n) is 1.26. The number of hydrogen-bond donors (Lipinski definition) is 1. The van der Waals surface area contributed by atoms with Gasteiger partial charge in [-0.3, -0.25) is 0 Å². The summed E-state index contributed by atoms with van der Waals surface area (Å²) < 4.78 is 2.21. The van der Waals surface area contributed by atoms with Crippen molar-refractivity contribution in [3.63, 3.8) is 0 Å². The molecule has 0 saturated heterocycles. The van der Waals surface area contributed by atoms with Crippen molar-refractivity contribution in [2.75, 3.05) is 0 Å². The lowest BCUT2D eigenvalue weighted by Gasteiger charge is -2.03. The summed E-state index contributed by atoms with van der Waals surface area (Å²) >= 11 is 7.30. The number of alkyl halides is 1. The molecule has 1 N–H and O–H groups in total. The summed E-state index contributed by atoms with van der Waals surface area (Å²) in [6.45, 7) is 0. The van der Waals surface area contributed by atoms with Crippen LogP contribution in [0, 0.1) is 3.57 Å². The Bertz CT molecular complexity index is 452. The molecule has 4 heteroatoms. The van der Waals surface area contributed by atoms with E-state index in [0.717, 1.165) is 19.8 Å². The predicted octanol–water partition coefficient (Wildman–Crippen LogP) is 4.11. The van der Waals surface area contributed by atoms with Crippen molar-refractivity contribution >= 4 is 59.9 Å². The Kier molecular flexibility index (Phi) is 2.80. The molecule has 0 unspecified atom stereocenters. The van der Waals surface area contributed by atoms with Gasteiger partial charge in [0.15, 0.2) is 0 Å². The molecule has 0 saturated carbocycles. The first-order chi connectivity index (χ1) is 6.24. The van der Waals surface area contributed by atoms with Gasteiger partial charge in [-0.15, -0.1) is 11.3 Å². The van der Waals surface area contributed by atoms with Crippen LogP contribution in [-0.4, -0.2) is 5.11 Å². The SMILES string of the molecule is Oc1cc(CBr)c2sccc2c1I. The van der Waals surface area contributed by atoms with Gasteiger partial charge in [0.2, 0.25) is 0 Å². The Hall–Kier alpha value is 0.190. The van der Waals surface area contributed by atoms with Crippen molar-refractivity contribution in [1.82, 2.24) is 0 Å². The van der Waals surface area contributed by atoms with Crippen LogP contribution in [0.2, 0.25) is 0 Å². The lowest BCUT2D eigenvalue weighted by atomic mass is 10.2. The van der Waals surface area contributed by atoms with E-state index in [9.17, 15) is 5.11 Å². The normalized spacial score (nSPS) is 10.9. The van der Waals surface area contributed by atoms with Gasteiger partial charge < -0.3 is 5.11 Å². The Labute approximate surface area is 102 Å². The van der Waals surface area contributed by atoms with Gasteiger partial charge in [-0.05, 0) is 45.7 Å². The topological polar surface area (TPSA) is 20.2 Å². The summed E-state index contributed by atoms with van der Waals surface area (Å²) in [6.07, 6.45) is 0. The van der Waals surface area contributed by atoms with E-state index in [1.54, 1.807) is 11.3 Å². The third kappa shape index (κ3) is 1.59. The Morgan fingerprint density at radius 1 is 1.54 bits per heavy atom. The molecule has 2 rings (SSSR count). The lowest BCUT2D eigenvalue weighted by molar-refractivity contribution is 0.472. The van der Waals surface area contributed by atoms with E-state index < -0.39 is 0 Å². The highest BCUT2D eigenvalue weighted by atomic mass is 127. The van der Waals surface area contributed by atoms with Crippen molar-refractivity contribution in [1.29, 1.82) is 0 Å². The second kappa shape index (κ2) is 3.74. The minimum Gasteiger partial charge on any atom is -0.507 e. The minimum atomic E-state index is 0.376. The molecule has 0 atom stereocenters. The zero-order valence-electron chi connectivity index (χ0n) is 6.55. The van der Waals surface area contributed by atoms with Gasteiger partial charge in [-0.2, -0.15) is 0 Å². The average Bonchev–Trinajstić information content (AvgIpc) is 2.60. The standard InChI is InChI=1S/C9H6BrIOS/c10-4-5-3-7(12)8(11)6-1-2-13-9(5)6/h1-3,12H,4H2. The van der Waals surface area contributed by atoms with Crippen molar-refractivity contribution in [3.8, 4) is 5.75 Å². The highest BCUT2D eigenvalue weighted by molar-refractivity contribution is 14.1. The summed E-state index contributed by atoms with van der Waals surface area (Å²) in [6, 6.07) is 3.88. The number of rotatable bonds is 1. The number of phenols is 1. The number of benzene rings is 1. The molecule has 1 aromatic carbocycles. The quantitative estimate of drug-likeness (QED) is 0.593. The summed E-state index contributed by atoms with van der Waals surface area (Å²) in [7, 11) is 0. The van der Waals surface area contributed by atoms with Crippen LogP contribution in [0.4, 0.5) is 0 Å². The summed E-state index contributed by atoms with van der Waals surface area (Å²) in [4.78, 5) is 0. The molecule has 0 fully saturated rings. The molecule has 68 valence electrons. The molecular formula is C9H6BrIOS. The highest BCUT2D eigenvalue weighted by Gasteiger charge is 2.09. The van der Waals surface area contributed by atoms with E-state index >= 15 is 0 Å². The fourth-order valence-corrected chi connectivity index (χ4v) is 3.60. The van der Waals surface area contributed by atoms with E-state index in [1.807, 2.05) is 12.1 Å². The van der Waals surface area contributed by atoms with Gasteiger partial charge >= 0.3 is 0 Å². The molecule has 0 aliphatic heterocycles. The second-order valence-corrected chi connectivity index (χ2v) is 5.22. The van der Waals surface area contributed by atoms with E-state index in [1.165, 1.54) is 4.70 Å². The van der Waals surface area contributed by atoms with E-state index in [0.29, 0.717) is 5.75 Å². The lowest BCUT2D eigenvalue weighted by Crippen LogP contribution is -1.81. The number of hydrogen-bond acceptors (Lipinski definition) is 2. The van der Waals surface area contributed by atoms with Crippen molar-refractivity contribution in [2.45, 2.75) is 5.33 Å². The molecule has 1 aromatic heterocycles. The highest BCUT2D eigenvalue weighted by Crippen LogP contribution is 2.35. The monoisotopic (exact) mass is 368 g/mol. The molecule has 1 nitrogen and oxygen atoms in total. The smallest absolute Gasteiger partial charge is 0.129 e. The summed E-state index contributed by atoms with van der Waals surface area (Å²) in [5.41, 5.74) is 1.16. The van der Waals surface area contributed by atoms with Crippen LogP contribution in [0.1, 0.15) is 5.56 Å². The third-order valence-electron chi connectivity index (χ3n) is 1.87. The summed E-state index contributed by atoms with van der Waals surface area (Å²) in [5, 5.41) is 13.6. The average molecular weight is 369 g/mol. The zero-order valence-corrected chi connectivity index (χ0v) is 11.1. The van der Waals surface area contributed by atoms with Gasteiger partial charge in [-0.25, -0.2) is 0 Å². The van der Waals surface area contributed by atoms with E-state index in [-0.39, 0.29) is 0 Å². The van der Waals surface area contributed by atoms with Crippen LogP contribution < -0.4 is 0 Å². The first kappa shape index (κ1) is 9.73. The Balaban J connectivity index is 2.87. The Morgan fingerprint density at radius 3 is 3.00 bits per heavy atom. The third-order valence-corrected chi connectivity index (χ3v) is 4.60. The van der Waals surface area contributed by atoms with Gasteiger partial charge in [-0.1, -0.05) is 15.9 Å². The maximum Gasteiger partial charge on any atom is 0.129 e. The van der Waals surface area contributed by atoms with Crippen molar-refractivity contribution < 1.29 is 5.11 Å². The molecule has 2 aromatic rings. The first-order valence-corrected chi connectivity index (χ1v) is 6.75. The van der Waals surface area contributed by atoms with Gasteiger partial charge in [0.1, 0.15) is 5.75 Å². The van der Waals surface area contributed by atoms with Crippen LogP contribution in [0.25, 0.3) is 10.1 Å². The molecule has 0 bridgehead atoms. The maximum absolute atomic E-state index is 9.62. The predicted molar refractivity (Wildman–Crippen MR) is 68.8 cm³/mol. The van der Waals surface area contributed by atoms with Gasteiger partial charge in [0.05, 0.1) is 3.57 Å². The first-order valence-electron chi connectivity index (χ1n) is 3.67. The number of phenolic OH excluding ortho intramolecular Hbond substituents is 1. The molecule has 0 aliphatic carbocycles. The molecule has 1 heterocycles. The number of thiophene rings is 1. The molecule has 0 aliphatic rings. The van der Waals surface area contributed by atoms with Gasteiger partial charge in [0.25, 0.3) is 0 Å². The number of halogens is 2. The zero-order chi connectivity index (χ0) is 9.42. The Morgan fingerprint density at radius 2 is 2.31 bits per heavy atom. The van der Waals surface area contributed by atoms with Crippen LogP contribution in [0.15, 0.2) is 17.5 Å². The molecule has 0 amide bonds. The van der Waals surface area contributed by atoms with E-state index in [2.05, 4.69) is 43.9 Å². The largest absolute Gasteiger partial charge is 0.507 e. The fraction of sp³-hybridized carbons (Fsp3) is 0.111. The number of aromatic hydroxyl groups is 1. The van der Waals surface area contributed by atoms with E-state index in [4.69, 9.17) is 0 Å². The van der Waals surface area contributed by atoms with Gasteiger partial charge in [0, 0.05) is 15.4 Å². The number of fused-ring (bicyclic) bond motifs is 1. The van der Waals surface area contributed by atoms with Crippen LogP contribution in [0.5, 0.6) is 5.75 Å². The molecule has 0 radical (unpaired) electrons. The molecule has 0 spiro atoms. The van der Waals surface area contributed by atoms with Crippen LogP contribution in [0.3, 0.4) is 0 Å². The molecule has 13 heavy (non-hydrogen) atoms. The summed E-state index contributed by atoms with van der Waals surface area (Å²) in [5.74, 6) is 0.376. The maximum atomic E-state index is 9.62.